The molecule has 2 aromatic carbocycles. The standard InChI is InChI=1S/C22H22FN5O/c23-16-4-1-13(2-5-16)17-12-28(20-14-7-9-27(10-8-14)21(17)20)22(29)15-3-6-18-19(11-15)25-26-24-18/h1-6,11,14,17,20-21H,7-10,12H2,(H,24,25,26)/t17-,20+,21+/m0/s1. The van der Waals surface area contributed by atoms with Gasteiger partial charge in [0.05, 0.1) is 6.04 Å². The van der Waals surface area contributed by atoms with Gasteiger partial charge in [-0.3, -0.25) is 9.69 Å². The van der Waals surface area contributed by atoms with Crippen LogP contribution in [0, 0.1) is 11.7 Å². The van der Waals surface area contributed by atoms with Crippen molar-refractivity contribution in [3.05, 3.63) is 59.4 Å². The van der Waals surface area contributed by atoms with Gasteiger partial charge in [-0.2, -0.15) is 15.4 Å². The highest BCUT2D eigenvalue weighted by Crippen LogP contribution is 2.47. The zero-order valence-corrected chi connectivity index (χ0v) is 16.0. The SMILES string of the molecule is O=C(c1ccc2n[nH]nc2c1)N1C[C@@H](c2ccc(F)cc2)[C@@H]2[C@H]1C1CCN2CC1. The lowest BCUT2D eigenvalue weighted by atomic mass is 9.75. The zero-order valence-electron chi connectivity index (χ0n) is 16.0. The number of amides is 1. The third kappa shape index (κ3) is 2.60. The molecule has 1 amide bonds. The minimum atomic E-state index is -0.220. The number of nitrogens with one attached hydrogen (secondary N) is 1. The second-order valence-electron chi connectivity index (χ2n) is 8.50. The maximum Gasteiger partial charge on any atom is 0.254 e. The smallest absolute Gasteiger partial charge is 0.254 e. The minimum absolute atomic E-state index is 0.0586. The van der Waals surface area contributed by atoms with Crippen LogP contribution < -0.4 is 0 Å². The number of aromatic nitrogens is 3. The third-order valence-electron chi connectivity index (χ3n) is 7.12. The summed E-state index contributed by atoms with van der Waals surface area (Å²) in [7, 11) is 0. The van der Waals surface area contributed by atoms with E-state index in [-0.39, 0.29) is 23.7 Å². The molecule has 4 aliphatic heterocycles. The summed E-state index contributed by atoms with van der Waals surface area (Å²) in [6, 6.07) is 12.9. The van der Waals surface area contributed by atoms with Gasteiger partial charge in [0.15, 0.2) is 0 Å². The highest BCUT2D eigenvalue weighted by molar-refractivity contribution is 5.97. The van der Waals surface area contributed by atoms with Gasteiger partial charge in [0.2, 0.25) is 0 Å². The van der Waals surface area contributed by atoms with E-state index in [1.165, 1.54) is 12.1 Å². The number of likely N-dealkylation sites (tertiary alicyclic amines) is 1. The van der Waals surface area contributed by atoms with Crippen molar-refractivity contribution in [2.45, 2.75) is 30.8 Å². The second kappa shape index (κ2) is 6.35. The highest BCUT2D eigenvalue weighted by atomic mass is 19.1. The number of hydrogen-bond acceptors (Lipinski definition) is 4. The fourth-order valence-corrected chi connectivity index (χ4v) is 5.80. The Labute approximate surface area is 167 Å². The molecule has 7 rings (SSSR count). The van der Waals surface area contributed by atoms with Gasteiger partial charge >= 0.3 is 0 Å². The summed E-state index contributed by atoms with van der Waals surface area (Å²) in [6.07, 6.45) is 2.28. The second-order valence-corrected chi connectivity index (χ2v) is 8.50. The van der Waals surface area contributed by atoms with Gasteiger partial charge in [-0.05, 0) is 67.7 Å². The van der Waals surface area contributed by atoms with Crippen molar-refractivity contribution >= 4 is 16.9 Å². The van der Waals surface area contributed by atoms with Crippen molar-refractivity contribution < 1.29 is 9.18 Å². The molecule has 6 nitrogen and oxygen atoms in total. The predicted octanol–water partition coefficient (Wildman–Crippen LogP) is 2.80. The monoisotopic (exact) mass is 391 g/mol. The summed E-state index contributed by atoms with van der Waals surface area (Å²) in [5.74, 6) is 0.587. The Kier molecular flexibility index (Phi) is 3.74. The molecule has 29 heavy (non-hydrogen) atoms. The van der Waals surface area contributed by atoms with E-state index < -0.39 is 0 Å². The first kappa shape index (κ1) is 17.1. The van der Waals surface area contributed by atoms with E-state index in [1.807, 2.05) is 30.3 Å². The van der Waals surface area contributed by atoms with E-state index >= 15 is 0 Å². The molecule has 1 N–H and O–H groups in total. The number of benzene rings is 2. The van der Waals surface area contributed by atoms with Crippen LogP contribution in [0.1, 0.15) is 34.7 Å². The molecule has 5 heterocycles. The largest absolute Gasteiger partial charge is 0.333 e. The highest BCUT2D eigenvalue weighted by Gasteiger charge is 2.54. The summed E-state index contributed by atoms with van der Waals surface area (Å²) in [4.78, 5) is 18.2. The van der Waals surface area contributed by atoms with Gasteiger partial charge in [0, 0.05) is 24.1 Å². The molecule has 0 saturated carbocycles. The molecule has 1 aromatic heterocycles. The van der Waals surface area contributed by atoms with Crippen LogP contribution in [-0.2, 0) is 0 Å². The van der Waals surface area contributed by atoms with Crippen molar-refractivity contribution in [1.82, 2.24) is 25.2 Å². The fourth-order valence-electron chi connectivity index (χ4n) is 5.80. The lowest BCUT2D eigenvalue weighted by Crippen LogP contribution is -2.60. The van der Waals surface area contributed by atoms with Gasteiger partial charge in [-0.25, -0.2) is 4.39 Å². The van der Waals surface area contributed by atoms with Crippen LogP contribution in [0.5, 0.6) is 0 Å². The molecule has 148 valence electrons. The topological polar surface area (TPSA) is 65.1 Å². The van der Waals surface area contributed by atoms with Crippen LogP contribution in [0.15, 0.2) is 42.5 Å². The molecular weight excluding hydrogens is 369 g/mol. The summed E-state index contributed by atoms with van der Waals surface area (Å²) in [6.45, 7) is 2.86. The molecule has 0 unspecified atom stereocenters. The van der Waals surface area contributed by atoms with Crippen LogP contribution in [0.4, 0.5) is 4.39 Å². The van der Waals surface area contributed by atoms with Crippen molar-refractivity contribution in [2.24, 2.45) is 5.92 Å². The number of halogens is 1. The zero-order chi connectivity index (χ0) is 19.5. The molecule has 0 spiro atoms. The number of hydrogen-bond donors (Lipinski definition) is 1. The van der Waals surface area contributed by atoms with Crippen molar-refractivity contribution in [3.63, 3.8) is 0 Å². The molecule has 0 radical (unpaired) electrons. The van der Waals surface area contributed by atoms with Crippen LogP contribution in [-0.4, -0.2) is 62.8 Å². The average Bonchev–Trinajstić information content (AvgIpc) is 3.40. The Hall–Kier alpha value is -2.80. The third-order valence-corrected chi connectivity index (χ3v) is 7.12. The number of carbonyl (C=O) groups excluding carboxylic acids is 1. The number of carbonyl (C=O) groups is 1. The molecule has 3 atom stereocenters. The van der Waals surface area contributed by atoms with Gasteiger partial charge in [-0.15, -0.1) is 0 Å². The first-order chi connectivity index (χ1) is 14.2. The van der Waals surface area contributed by atoms with E-state index in [1.54, 1.807) is 0 Å². The summed E-state index contributed by atoms with van der Waals surface area (Å²) >= 11 is 0. The first-order valence-electron chi connectivity index (χ1n) is 10.3. The number of piperidine rings is 3. The van der Waals surface area contributed by atoms with Gasteiger partial charge < -0.3 is 4.90 Å². The average molecular weight is 391 g/mol. The minimum Gasteiger partial charge on any atom is -0.333 e. The Morgan fingerprint density at radius 2 is 1.76 bits per heavy atom. The van der Waals surface area contributed by atoms with E-state index in [9.17, 15) is 9.18 Å². The Morgan fingerprint density at radius 3 is 2.55 bits per heavy atom. The van der Waals surface area contributed by atoms with E-state index in [2.05, 4.69) is 25.2 Å². The lowest BCUT2D eigenvalue weighted by Gasteiger charge is -2.51. The van der Waals surface area contributed by atoms with Gasteiger partial charge in [0.1, 0.15) is 16.9 Å². The maximum atomic E-state index is 13.6. The molecule has 0 aliphatic carbocycles. The summed E-state index contributed by atoms with van der Waals surface area (Å²) in [5, 5.41) is 10.8. The van der Waals surface area contributed by atoms with E-state index in [0.717, 1.165) is 37.0 Å². The predicted molar refractivity (Wildman–Crippen MR) is 106 cm³/mol. The van der Waals surface area contributed by atoms with Gasteiger partial charge in [-0.1, -0.05) is 12.1 Å². The fraction of sp³-hybridized carbons (Fsp3) is 0.409. The Balaban J connectivity index is 1.38. The first-order valence-corrected chi connectivity index (χ1v) is 10.3. The Morgan fingerprint density at radius 1 is 1.00 bits per heavy atom. The molecule has 2 bridgehead atoms. The van der Waals surface area contributed by atoms with Crippen molar-refractivity contribution in [1.29, 1.82) is 0 Å². The molecule has 4 fully saturated rings. The van der Waals surface area contributed by atoms with Crippen LogP contribution in [0.2, 0.25) is 0 Å². The number of H-pyrrole nitrogens is 1. The number of rotatable bonds is 2. The number of aromatic amines is 1. The normalized spacial score (nSPS) is 30.7. The Bertz CT molecular complexity index is 1070. The van der Waals surface area contributed by atoms with Crippen LogP contribution in [0.3, 0.4) is 0 Å². The van der Waals surface area contributed by atoms with E-state index in [0.29, 0.717) is 29.6 Å². The lowest BCUT2D eigenvalue weighted by molar-refractivity contribution is -0.00340. The van der Waals surface area contributed by atoms with Crippen molar-refractivity contribution in [3.8, 4) is 0 Å². The molecule has 3 aromatic rings. The maximum absolute atomic E-state index is 13.6. The number of fused-ring (bicyclic) bond motifs is 3. The van der Waals surface area contributed by atoms with Crippen molar-refractivity contribution in [2.75, 3.05) is 19.6 Å². The molecule has 4 aliphatic rings. The molecular formula is C22H22FN5O. The quantitative estimate of drug-likeness (QED) is 0.730. The summed E-state index contributed by atoms with van der Waals surface area (Å²) < 4.78 is 13.5. The molecule has 7 heteroatoms. The van der Waals surface area contributed by atoms with E-state index in [4.69, 9.17) is 0 Å². The summed E-state index contributed by atoms with van der Waals surface area (Å²) in [5.41, 5.74) is 3.24. The van der Waals surface area contributed by atoms with Crippen LogP contribution in [0.25, 0.3) is 11.0 Å². The van der Waals surface area contributed by atoms with Gasteiger partial charge in [0.25, 0.3) is 5.91 Å². The number of nitrogens with zero attached hydrogens (tertiary/aromatic N) is 4. The van der Waals surface area contributed by atoms with Crippen LogP contribution >= 0.6 is 0 Å². The molecule has 4 saturated heterocycles.